The Hall–Kier alpha value is -2.62. The lowest BCUT2D eigenvalue weighted by Gasteiger charge is -2.09. The van der Waals surface area contributed by atoms with E-state index in [-0.39, 0.29) is 11.8 Å². The van der Waals surface area contributed by atoms with Crippen LogP contribution < -0.4 is 10.6 Å². The van der Waals surface area contributed by atoms with Crippen LogP contribution >= 0.6 is 0 Å². The molecule has 4 nitrogen and oxygen atoms in total. The monoisotopic (exact) mass is 338 g/mol. The van der Waals surface area contributed by atoms with Gasteiger partial charge in [-0.1, -0.05) is 38.5 Å². The molecule has 0 aliphatic rings. The van der Waals surface area contributed by atoms with E-state index in [2.05, 4.69) is 17.6 Å². The van der Waals surface area contributed by atoms with E-state index >= 15 is 0 Å². The zero-order valence-corrected chi connectivity index (χ0v) is 15.0. The summed E-state index contributed by atoms with van der Waals surface area (Å²) in [6.07, 6.45) is 4.66. The number of hydrogen-bond donors (Lipinski definition) is 2. The first kappa shape index (κ1) is 18.7. The topological polar surface area (TPSA) is 58.2 Å². The fourth-order valence-electron chi connectivity index (χ4n) is 2.53. The van der Waals surface area contributed by atoms with E-state index in [0.717, 1.165) is 18.5 Å². The first-order chi connectivity index (χ1) is 12.1. The highest BCUT2D eigenvalue weighted by molar-refractivity contribution is 6.05. The Balaban J connectivity index is 1.99. The van der Waals surface area contributed by atoms with Crippen LogP contribution in [0.4, 0.5) is 11.4 Å². The van der Waals surface area contributed by atoms with E-state index in [1.807, 2.05) is 31.2 Å². The SMILES string of the molecule is CCCCc1ccc(NC(=O)c2cccc(NC(=O)CCC)c2)cc1. The molecule has 0 saturated carbocycles. The molecule has 0 fully saturated rings. The molecule has 0 spiro atoms. The molecule has 0 radical (unpaired) electrons. The third kappa shape index (κ3) is 6.07. The van der Waals surface area contributed by atoms with Crippen molar-refractivity contribution in [2.24, 2.45) is 0 Å². The van der Waals surface area contributed by atoms with Crippen molar-refractivity contribution in [2.75, 3.05) is 10.6 Å². The third-order valence-electron chi connectivity index (χ3n) is 3.92. The van der Waals surface area contributed by atoms with Gasteiger partial charge >= 0.3 is 0 Å². The first-order valence-corrected chi connectivity index (χ1v) is 8.92. The summed E-state index contributed by atoms with van der Waals surface area (Å²) >= 11 is 0. The minimum atomic E-state index is -0.187. The fraction of sp³-hybridized carbons (Fsp3) is 0.333. The molecule has 0 atom stereocenters. The predicted octanol–water partition coefficient (Wildman–Crippen LogP) is 5.02. The minimum Gasteiger partial charge on any atom is -0.326 e. The molecular formula is C21H26N2O2. The van der Waals surface area contributed by atoms with Crippen molar-refractivity contribution < 1.29 is 9.59 Å². The normalized spacial score (nSPS) is 10.3. The summed E-state index contributed by atoms with van der Waals surface area (Å²) in [5, 5.41) is 5.71. The molecule has 0 aliphatic heterocycles. The molecule has 0 bridgehead atoms. The lowest BCUT2D eigenvalue weighted by Crippen LogP contribution is -2.14. The van der Waals surface area contributed by atoms with Crippen molar-refractivity contribution in [2.45, 2.75) is 46.0 Å². The molecular weight excluding hydrogens is 312 g/mol. The second kappa shape index (κ2) is 9.62. The number of aryl methyl sites for hydroxylation is 1. The summed E-state index contributed by atoms with van der Waals surface area (Å²) in [6.45, 7) is 4.13. The van der Waals surface area contributed by atoms with E-state index in [0.29, 0.717) is 17.7 Å². The number of carbonyl (C=O) groups excluding carboxylic acids is 2. The molecule has 2 amide bonds. The van der Waals surface area contributed by atoms with Gasteiger partial charge in [0, 0.05) is 23.4 Å². The van der Waals surface area contributed by atoms with Crippen molar-refractivity contribution in [3.05, 3.63) is 59.7 Å². The molecule has 25 heavy (non-hydrogen) atoms. The first-order valence-electron chi connectivity index (χ1n) is 8.92. The second-order valence-corrected chi connectivity index (χ2v) is 6.13. The van der Waals surface area contributed by atoms with Crippen LogP contribution in [0.1, 0.15) is 55.5 Å². The van der Waals surface area contributed by atoms with Gasteiger partial charge in [0.2, 0.25) is 5.91 Å². The summed E-state index contributed by atoms with van der Waals surface area (Å²) in [5.41, 5.74) is 3.21. The van der Waals surface area contributed by atoms with Crippen molar-refractivity contribution in [1.29, 1.82) is 0 Å². The van der Waals surface area contributed by atoms with E-state index in [9.17, 15) is 9.59 Å². The highest BCUT2D eigenvalue weighted by Crippen LogP contribution is 2.15. The van der Waals surface area contributed by atoms with Gasteiger partial charge < -0.3 is 10.6 Å². The molecule has 2 aromatic carbocycles. The van der Waals surface area contributed by atoms with Crippen LogP contribution in [0.15, 0.2) is 48.5 Å². The Bertz CT molecular complexity index is 708. The highest BCUT2D eigenvalue weighted by Gasteiger charge is 2.08. The minimum absolute atomic E-state index is 0.0391. The van der Waals surface area contributed by atoms with Crippen LogP contribution in [0.25, 0.3) is 0 Å². The number of nitrogens with one attached hydrogen (secondary N) is 2. The second-order valence-electron chi connectivity index (χ2n) is 6.13. The zero-order chi connectivity index (χ0) is 18.1. The van der Waals surface area contributed by atoms with Crippen LogP contribution in [-0.2, 0) is 11.2 Å². The standard InChI is InChI=1S/C21H26N2O2/c1-3-5-8-16-11-13-18(14-12-16)23-21(25)17-9-6-10-19(15-17)22-20(24)7-4-2/h6,9-15H,3-5,7-8H2,1-2H3,(H,22,24)(H,23,25). The van der Waals surface area contributed by atoms with Gasteiger partial charge in [0.15, 0.2) is 0 Å². The van der Waals surface area contributed by atoms with Crippen molar-refractivity contribution >= 4 is 23.2 Å². The Labute approximate surface area is 149 Å². The van der Waals surface area contributed by atoms with Gasteiger partial charge in [0.25, 0.3) is 5.91 Å². The Morgan fingerprint density at radius 2 is 1.64 bits per heavy atom. The van der Waals surface area contributed by atoms with Gasteiger partial charge in [-0.25, -0.2) is 0 Å². The maximum Gasteiger partial charge on any atom is 0.255 e. The summed E-state index contributed by atoms with van der Waals surface area (Å²) < 4.78 is 0. The van der Waals surface area contributed by atoms with Gasteiger partial charge in [0.05, 0.1) is 0 Å². The van der Waals surface area contributed by atoms with Gasteiger partial charge in [-0.2, -0.15) is 0 Å². The van der Waals surface area contributed by atoms with Crippen LogP contribution in [0, 0.1) is 0 Å². The molecule has 0 aromatic heterocycles. The highest BCUT2D eigenvalue weighted by atomic mass is 16.2. The Kier molecular flexibility index (Phi) is 7.20. The van der Waals surface area contributed by atoms with E-state index < -0.39 is 0 Å². The van der Waals surface area contributed by atoms with Crippen molar-refractivity contribution in [1.82, 2.24) is 0 Å². The van der Waals surface area contributed by atoms with Gasteiger partial charge in [-0.15, -0.1) is 0 Å². The number of unbranched alkanes of at least 4 members (excludes halogenated alkanes) is 1. The molecule has 2 rings (SSSR count). The lowest BCUT2D eigenvalue weighted by molar-refractivity contribution is -0.116. The number of amides is 2. The third-order valence-corrected chi connectivity index (χ3v) is 3.92. The number of anilines is 2. The molecule has 132 valence electrons. The Morgan fingerprint density at radius 1 is 0.880 bits per heavy atom. The number of rotatable bonds is 8. The van der Waals surface area contributed by atoms with Crippen molar-refractivity contribution in [3.8, 4) is 0 Å². The Morgan fingerprint density at radius 3 is 2.32 bits per heavy atom. The summed E-state index contributed by atoms with van der Waals surface area (Å²) in [7, 11) is 0. The number of carbonyl (C=O) groups is 2. The molecule has 4 heteroatoms. The summed E-state index contributed by atoms with van der Waals surface area (Å²) in [4.78, 5) is 24.1. The number of hydrogen-bond acceptors (Lipinski definition) is 2. The maximum absolute atomic E-state index is 12.4. The quantitative estimate of drug-likeness (QED) is 0.710. The average molecular weight is 338 g/mol. The van der Waals surface area contributed by atoms with Gasteiger partial charge in [-0.05, 0) is 55.2 Å². The van der Waals surface area contributed by atoms with Gasteiger partial charge in [0.1, 0.15) is 0 Å². The van der Waals surface area contributed by atoms with Crippen LogP contribution in [-0.4, -0.2) is 11.8 Å². The largest absolute Gasteiger partial charge is 0.326 e. The molecule has 0 heterocycles. The summed E-state index contributed by atoms with van der Waals surface area (Å²) in [5.74, 6) is -0.226. The smallest absolute Gasteiger partial charge is 0.255 e. The van der Waals surface area contributed by atoms with Crippen LogP contribution in [0.3, 0.4) is 0 Å². The summed E-state index contributed by atoms with van der Waals surface area (Å²) in [6, 6.07) is 14.9. The van der Waals surface area contributed by atoms with Crippen LogP contribution in [0.5, 0.6) is 0 Å². The van der Waals surface area contributed by atoms with E-state index in [4.69, 9.17) is 0 Å². The molecule has 2 aromatic rings. The van der Waals surface area contributed by atoms with E-state index in [1.54, 1.807) is 24.3 Å². The van der Waals surface area contributed by atoms with Crippen LogP contribution in [0.2, 0.25) is 0 Å². The molecule has 2 N–H and O–H groups in total. The maximum atomic E-state index is 12.4. The average Bonchev–Trinajstić information content (AvgIpc) is 2.61. The molecule has 0 aliphatic carbocycles. The number of benzene rings is 2. The van der Waals surface area contributed by atoms with Gasteiger partial charge in [-0.3, -0.25) is 9.59 Å². The lowest BCUT2D eigenvalue weighted by atomic mass is 10.1. The zero-order valence-electron chi connectivity index (χ0n) is 15.0. The van der Waals surface area contributed by atoms with E-state index in [1.165, 1.54) is 18.4 Å². The fourth-order valence-corrected chi connectivity index (χ4v) is 2.53. The molecule has 0 unspecified atom stereocenters. The predicted molar refractivity (Wildman–Crippen MR) is 103 cm³/mol. The molecule has 0 saturated heterocycles. The van der Waals surface area contributed by atoms with Crippen molar-refractivity contribution in [3.63, 3.8) is 0 Å².